The van der Waals surface area contributed by atoms with E-state index in [1.807, 2.05) is 18.2 Å². The van der Waals surface area contributed by atoms with E-state index in [-0.39, 0.29) is 0 Å². The molecule has 0 heterocycles. The van der Waals surface area contributed by atoms with E-state index in [1.54, 1.807) is 11.8 Å². The molecule has 0 unspecified atom stereocenters. The molecule has 0 N–H and O–H groups in total. The Bertz CT molecular complexity index is 394. The van der Waals surface area contributed by atoms with Gasteiger partial charge >= 0.3 is 0 Å². The third-order valence-corrected chi connectivity index (χ3v) is 3.42. The highest BCUT2D eigenvalue weighted by molar-refractivity contribution is 8.41. The number of thiocarbonyl (C=S) groups is 1. The lowest BCUT2D eigenvalue weighted by atomic mass is 10.0. The molecule has 1 aromatic carbocycles. The van der Waals surface area contributed by atoms with E-state index < -0.39 is 0 Å². The normalized spacial score (nSPS) is 9.67. The molecule has 1 rings (SSSR count). The van der Waals surface area contributed by atoms with Gasteiger partial charge in [-0.05, 0) is 16.7 Å². The van der Waals surface area contributed by atoms with Crippen molar-refractivity contribution >= 4 is 52.3 Å². The van der Waals surface area contributed by atoms with E-state index in [1.165, 1.54) is 5.56 Å². The van der Waals surface area contributed by atoms with Crippen molar-refractivity contribution in [2.24, 2.45) is 0 Å². The molecule has 0 nitrogen and oxygen atoms in total. The van der Waals surface area contributed by atoms with Crippen molar-refractivity contribution in [2.75, 3.05) is 0 Å². The second-order valence-electron chi connectivity index (χ2n) is 2.93. The Morgan fingerprint density at radius 2 is 2.00 bits per heavy atom. The minimum Gasteiger partial charge on any atom is -0.125 e. The SMILES string of the molecule is C=Cc1ccc(CSC(=S)S)cc1C=C. The van der Waals surface area contributed by atoms with Crippen LogP contribution >= 0.6 is 36.6 Å². The Morgan fingerprint density at radius 3 is 2.53 bits per heavy atom. The van der Waals surface area contributed by atoms with Crippen molar-refractivity contribution < 1.29 is 0 Å². The van der Waals surface area contributed by atoms with Crippen LogP contribution in [0.5, 0.6) is 0 Å². The summed E-state index contributed by atoms with van der Waals surface area (Å²) in [5.74, 6) is 0.848. The summed E-state index contributed by atoms with van der Waals surface area (Å²) in [5.41, 5.74) is 3.43. The van der Waals surface area contributed by atoms with Gasteiger partial charge in [0.1, 0.15) is 3.53 Å². The van der Waals surface area contributed by atoms with Crippen LogP contribution in [0.3, 0.4) is 0 Å². The molecule has 0 fully saturated rings. The van der Waals surface area contributed by atoms with Crippen molar-refractivity contribution in [1.29, 1.82) is 0 Å². The lowest BCUT2D eigenvalue weighted by molar-refractivity contribution is 1.40. The van der Waals surface area contributed by atoms with Gasteiger partial charge in [-0.3, -0.25) is 0 Å². The molecular weight excluding hydrogens is 240 g/mol. The maximum Gasteiger partial charge on any atom is 0.101 e. The molecule has 15 heavy (non-hydrogen) atoms. The predicted molar refractivity (Wildman–Crippen MR) is 79.5 cm³/mol. The van der Waals surface area contributed by atoms with Gasteiger partial charge in [0, 0.05) is 5.75 Å². The first kappa shape index (κ1) is 12.6. The number of benzene rings is 1. The molecule has 1 aromatic rings. The van der Waals surface area contributed by atoms with Crippen LogP contribution in [0.2, 0.25) is 0 Å². The molecule has 0 saturated carbocycles. The summed E-state index contributed by atoms with van der Waals surface area (Å²) < 4.78 is 0.669. The standard InChI is InChI=1S/C12H12S3/c1-3-10-6-5-9(7-11(10)4-2)8-15-12(13)14/h3-7H,1-2,8H2,(H,13,14). The third kappa shape index (κ3) is 3.86. The van der Waals surface area contributed by atoms with E-state index in [0.717, 1.165) is 16.9 Å². The fraction of sp³-hybridized carbons (Fsp3) is 0.0833. The first-order chi connectivity index (χ1) is 7.17. The maximum absolute atomic E-state index is 4.90. The molecule has 0 radical (unpaired) electrons. The fourth-order valence-corrected chi connectivity index (χ4v) is 2.06. The van der Waals surface area contributed by atoms with E-state index in [0.29, 0.717) is 3.53 Å². The summed E-state index contributed by atoms with van der Waals surface area (Å²) in [6.07, 6.45) is 3.67. The number of hydrogen-bond acceptors (Lipinski definition) is 2. The molecule has 0 bridgehead atoms. The highest BCUT2D eigenvalue weighted by Gasteiger charge is 1.99. The van der Waals surface area contributed by atoms with Crippen LogP contribution in [-0.2, 0) is 5.75 Å². The second-order valence-corrected chi connectivity index (χ2v) is 5.63. The third-order valence-electron chi connectivity index (χ3n) is 1.95. The van der Waals surface area contributed by atoms with Crippen molar-refractivity contribution in [3.63, 3.8) is 0 Å². The van der Waals surface area contributed by atoms with Crippen molar-refractivity contribution in [3.8, 4) is 0 Å². The zero-order valence-corrected chi connectivity index (χ0v) is 10.8. The van der Waals surface area contributed by atoms with Crippen LogP contribution in [0.25, 0.3) is 12.2 Å². The summed E-state index contributed by atoms with van der Waals surface area (Å²) in [4.78, 5) is 0. The van der Waals surface area contributed by atoms with Gasteiger partial charge in [-0.2, -0.15) is 0 Å². The quantitative estimate of drug-likeness (QED) is 0.622. The molecule has 0 aromatic heterocycles. The average molecular weight is 252 g/mol. The van der Waals surface area contributed by atoms with Gasteiger partial charge in [-0.25, -0.2) is 0 Å². The van der Waals surface area contributed by atoms with Gasteiger partial charge in [-0.15, -0.1) is 24.4 Å². The molecule has 0 amide bonds. The Balaban J connectivity index is 2.88. The molecule has 0 spiro atoms. The molecular formula is C12H12S3. The van der Waals surface area contributed by atoms with Crippen molar-refractivity contribution in [1.82, 2.24) is 0 Å². The average Bonchev–Trinajstić information content (AvgIpc) is 2.25. The van der Waals surface area contributed by atoms with Crippen LogP contribution in [-0.4, -0.2) is 3.53 Å². The van der Waals surface area contributed by atoms with E-state index >= 15 is 0 Å². The fourth-order valence-electron chi connectivity index (χ4n) is 1.22. The van der Waals surface area contributed by atoms with Gasteiger partial charge in [0.25, 0.3) is 0 Å². The summed E-state index contributed by atoms with van der Waals surface area (Å²) in [6, 6.07) is 6.22. The van der Waals surface area contributed by atoms with Gasteiger partial charge in [0.2, 0.25) is 0 Å². The van der Waals surface area contributed by atoms with Crippen molar-refractivity contribution in [3.05, 3.63) is 48.0 Å². The second kappa shape index (κ2) is 6.16. The zero-order valence-electron chi connectivity index (χ0n) is 8.27. The molecule has 78 valence electrons. The van der Waals surface area contributed by atoms with E-state index in [9.17, 15) is 0 Å². The zero-order chi connectivity index (χ0) is 11.3. The van der Waals surface area contributed by atoms with Crippen LogP contribution in [0, 0.1) is 0 Å². The molecule has 0 aliphatic rings. The minimum atomic E-state index is 0.669. The lowest BCUT2D eigenvalue weighted by Gasteiger charge is -2.05. The topological polar surface area (TPSA) is 0 Å². The van der Waals surface area contributed by atoms with Gasteiger partial charge in [0.15, 0.2) is 0 Å². The largest absolute Gasteiger partial charge is 0.125 e. The first-order valence-electron chi connectivity index (χ1n) is 4.41. The molecule has 0 saturated heterocycles. The Hall–Kier alpha value is -0.510. The maximum atomic E-state index is 4.90. The van der Waals surface area contributed by atoms with Crippen LogP contribution in [0.1, 0.15) is 16.7 Å². The minimum absolute atomic E-state index is 0.669. The Kier molecular flexibility index (Phi) is 5.15. The number of thiol groups is 1. The highest BCUT2D eigenvalue weighted by atomic mass is 32.2. The molecule has 0 atom stereocenters. The highest BCUT2D eigenvalue weighted by Crippen LogP contribution is 2.20. The number of rotatable bonds is 4. The number of thioether (sulfide) groups is 1. The first-order valence-corrected chi connectivity index (χ1v) is 6.25. The molecule has 0 aliphatic carbocycles. The van der Waals surface area contributed by atoms with Crippen molar-refractivity contribution in [2.45, 2.75) is 5.75 Å². The van der Waals surface area contributed by atoms with Gasteiger partial charge in [0.05, 0.1) is 0 Å². The molecule has 0 aliphatic heterocycles. The lowest BCUT2D eigenvalue weighted by Crippen LogP contribution is -1.86. The smallest absolute Gasteiger partial charge is 0.101 e. The van der Waals surface area contributed by atoms with E-state index in [2.05, 4.69) is 37.9 Å². The number of hydrogen-bond donors (Lipinski definition) is 1. The van der Waals surface area contributed by atoms with Crippen LogP contribution < -0.4 is 0 Å². The summed E-state index contributed by atoms with van der Waals surface area (Å²) in [5, 5.41) is 0. The Morgan fingerprint density at radius 1 is 1.33 bits per heavy atom. The molecule has 3 heteroatoms. The summed E-state index contributed by atoms with van der Waals surface area (Å²) in [7, 11) is 0. The van der Waals surface area contributed by atoms with Gasteiger partial charge < -0.3 is 0 Å². The summed E-state index contributed by atoms with van der Waals surface area (Å²) >= 11 is 10.5. The predicted octanol–water partition coefficient (Wildman–Crippen LogP) is 4.42. The van der Waals surface area contributed by atoms with E-state index in [4.69, 9.17) is 12.2 Å². The monoisotopic (exact) mass is 252 g/mol. The van der Waals surface area contributed by atoms with Crippen LogP contribution in [0.15, 0.2) is 31.4 Å². The summed E-state index contributed by atoms with van der Waals surface area (Å²) in [6.45, 7) is 7.54. The van der Waals surface area contributed by atoms with Crippen LogP contribution in [0.4, 0.5) is 0 Å². The van der Waals surface area contributed by atoms with Gasteiger partial charge in [-0.1, -0.05) is 55.7 Å². The Labute approximate surface area is 106 Å².